The molecule has 14 nitrogen and oxygen atoms in total. The number of amides is 2. The van der Waals surface area contributed by atoms with Crippen molar-refractivity contribution >= 4 is 61.5 Å². The van der Waals surface area contributed by atoms with Crippen LogP contribution in [0.3, 0.4) is 0 Å². The molecule has 0 saturated carbocycles. The number of pyridine rings is 2. The Morgan fingerprint density at radius 2 is 1.38 bits per heavy atom. The van der Waals surface area contributed by atoms with E-state index in [2.05, 4.69) is 35.6 Å². The Bertz CT molecular complexity index is 2760. The van der Waals surface area contributed by atoms with E-state index >= 15 is 0 Å². The number of imidazole rings is 1. The number of hydrogen-bond donors (Lipinski definition) is 5. The van der Waals surface area contributed by atoms with Crippen LogP contribution in [0.15, 0.2) is 122 Å². The number of rotatable bonds is 10. The third-order valence-corrected chi connectivity index (χ3v) is 9.17. The zero-order valence-corrected chi connectivity index (χ0v) is 29.2. The van der Waals surface area contributed by atoms with Crippen molar-refractivity contribution in [2.75, 3.05) is 10.6 Å². The van der Waals surface area contributed by atoms with Crippen LogP contribution >= 0.6 is 11.3 Å². The molecular formula is C40H27N7O7S. The van der Waals surface area contributed by atoms with Crippen LogP contribution in [0.1, 0.15) is 36.9 Å². The minimum absolute atomic E-state index is 0.0358. The fourth-order valence-electron chi connectivity index (χ4n) is 5.63. The zero-order chi connectivity index (χ0) is 37.9. The summed E-state index contributed by atoms with van der Waals surface area (Å²) in [4.78, 5) is 57.8. The van der Waals surface area contributed by atoms with Gasteiger partial charge in [0, 0.05) is 18.5 Å². The molecule has 0 spiro atoms. The lowest BCUT2D eigenvalue weighted by molar-refractivity contribution is 0.0472. The number of thiazole rings is 1. The number of nitrogens with zero attached hydrogens (tertiary/aromatic N) is 4. The van der Waals surface area contributed by atoms with Crippen molar-refractivity contribution in [3.05, 3.63) is 144 Å². The fourth-order valence-corrected chi connectivity index (χ4v) is 6.53. The highest BCUT2D eigenvalue weighted by molar-refractivity contribution is 7.22. The molecule has 0 aliphatic heterocycles. The molecule has 0 aliphatic carbocycles. The van der Waals surface area contributed by atoms with Crippen molar-refractivity contribution in [1.82, 2.24) is 24.9 Å². The average molecular weight is 750 g/mol. The van der Waals surface area contributed by atoms with Gasteiger partial charge >= 0.3 is 5.97 Å². The van der Waals surface area contributed by atoms with Gasteiger partial charge in [-0.3, -0.25) is 20.2 Å². The quantitative estimate of drug-likeness (QED) is 0.0858. The van der Waals surface area contributed by atoms with Gasteiger partial charge in [0.25, 0.3) is 11.8 Å². The third-order valence-electron chi connectivity index (χ3n) is 8.23. The number of anilines is 2. The number of ether oxygens (including phenoxy) is 2. The molecule has 0 bridgehead atoms. The highest BCUT2D eigenvalue weighted by Gasteiger charge is 2.17. The number of H-pyrrole nitrogens is 1. The highest BCUT2D eigenvalue weighted by atomic mass is 32.1. The maximum absolute atomic E-state index is 13.0. The molecule has 4 heterocycles. The second-order valence-corrected chi connectivity index (χ2v) is 13.1. The molecule has 2 amide bonds. The summed E-state index contributed by atoms with van der Waals surface area (Å²) in [5, 5.41) is 25.4. The van der Waals surface area contributed by atoms with Crippen LogP contribution in [-0.2, 0) is 11.3 Å². The van der Waals surface area contributed by atoms with Crippen LogP contribution in [-0.4, -0.2) is 52.9 Å². The first-order chi connectivity index (χ1) is 26.8. The van der Waals surface area contributed by atoms with Gasteiger partial charge in [0.2, 0.25) is 5.95 Å². The summed E-state index contributed by atoms with van der Waals surface area (Å²) in [6.07, 6.45) is 2.82. The summed E-state index contributed by atoms with van der Waals surface area (Å²) in [7, 11) is 0. The van der Waals surface area contributed by atoms with E-state index in [4.69, 9.17) is 9.47 Å². The molecule has 0 atom stereocenters. The number of carbonyl (C=O) groups excluding carboxylic acids is 3. The molecule has 5 N–H and O–H groups in total. The van der Waals surface area contributed by atoms with Gasteiger partial charge < -0.3 is 24.7 Å². The Morgan fingerprint density at radius 1 is 0.691 bits per heavy atom. The predicted molar refractivity (Wildman–Crippen MR) is 204 cm³/mol. The van der Waals surface area contributed by atoms with Crippen LogP contribution in [0.5, 0.6) is 23.0 Å². The summed E-state index contributed by atoms with van der Waals surface area (Å²) in [5.74, 6) is -0.890. The molecule has 270 valence electrons. The summed E-state index contributed by atoms with van der Waals surface area (Å²) < 4.78 is 12.5. The predicted octanol–water partition coefficient (Wildman–Crippen LogP) is 7.69. The Labute approximate surface area is 315 Å². The van der Waals surface area contributed by atoms with Crippen molar-refractivity contribution in [3.63, 3.8) is 0 Å². The van der Waals surface area contributed by atoms with E-state index in [0.717, 1.165) is 16.7 Å². The van der Waals surface area contributed by atoms with E-state index in [1.165, 1.54) is 48.0 Å². The van der Waals surface area contributed by atoms with E-state index in [-0.39, 0.29) is 35.4 Å². The number of nitrogens with one attached hydrogen (secondary N) is 3. The molecule has 0 aliphatic rings. The Hall–Kier alpha value is -7.65. The number of esters is 1. The van der Waals surface area contributed by atoms with Crippen molar-refractivity contribution in [2.24, 2.45) is 0 Å². The lowest BCUT2D eigenvalue weighted by Gasteiger charge is -2.10. The first-order valence-corrected chi connectivity index (χ1v) is 17.4. The Kier molecular flexibility index (Phi) is 9.24. The minimum atomic E-state index is -0.605. The van der Waals surface area contributed by atoms with Gasteiger partial charge in [0.05, 0.1) is 26.8 Å². The van der Waals surface area contributed by atoms with Crippen LogP contribution in [0, 0.1) is 0 Å². The maximum Gasteiger partial charge on any atom is 0.338 e. The average Bonchev–Trinajstić information content (AvgIpc) is 3.79. The molecule has 55 heavy (non-hydrogen) atoms. The van der Waals surface area contributed by atoms with Gasteiger partial charge in [0.1, 0.15) is 29.6 Å². The normalized spacial score (nSPS) is 11.0. The lowest BCUT2D eigenvalue weighted by Crippen LogP contribution is -2.14. The van der Waals surface area contributed by atoms with Crippen molar-refractivity contribution in [3.8, 4) is 34.1 Å². The second kappa shape index (κ2) is 14.8. The van der Waals surface area contributed by atoms with Gasteiger partial charge in [-0.2, -0.15) is 0 Å². The third kappa shape index (κ3) is 7.62. The van der Waals surface area contributed by atoms with E-state index in [1.807, 2.05) is 48.5 Å². The number of hydrogen-bond acceptors (Lipinski definition) is 12. The van der Waals surface area contributed by atoms with Crippen LogP contribution in [0.4, 0.5) is 11.1 Å². The Balaban J connectivity index is 0.902. The van der Waals surface area contributed by atoms with Crippen molar-refractivity contribution in [1.29, 1.82) is 0 Å². The highest BCUT2D eigenvalue weighted by Crippen LogP contribution is 2.31. The number of aromatic hydroxyl groups is 2. The van der Waals surface area contributed by atoms with Crippen molar-refractivity contribution in [2.45, 2.75) is 6.61 Å². The van der Waals surface area contributed by atoms with Crippen LogP contribution < -0.4 is 15.4 Å². The fraction of sp³-hybridized carbons (Fsp3) is 0.0250. The first-order valence-electron chi connectivity index (χ1n) is 16.6. The second-order valence-electron chi connectivity index (χ2n) is 12.0. The molecule has 0 radical (unpaired) electrons. The molecule has 0 fully saturated rings. The Morgan fingerprint density at radius 3 is 2.15 bits per heavy atom. The molecular weight excluding hydrogens is 723 g/mol. The van der Waals surface area contributed by atoms with Gasteiger partial charge in [-0.25, -0.2) is 24.7 Å². The van der Waals surface area contributed by atoms with Gasteiger partial charge in [-0.1, -0.05) is 41.7 Å². The largest absolute Gasteiger partial charge is 0.505 e. The SMILES string of the molecule is O=C(OCc1cccc(-c2cccc(Oc3ccc4nc(NC(=O)c5ncccc5O)[nH]c4c3)c2)c1)c1ccc2nc(NC(=O)c3ncccc3O)sc2c1. The molecule has 8 aromatic rings. The van der Waals surface area contributed by atoms with Gasteiger partial charge in [-0.05, 0) is 89.5 Å². The standard InChI is InChI=1S/C40H27N7O7S/c48-31-9-3-15-41-34(31)36(50)46-39-43-28-14-12-27(20-30(28)44-39)54-26-8-2-7-24(18-26)23-6-1-5-22(17-23)21-53-38(52)25-11-13-29-33(19-25)55-40(45-29)47-37(51)35-32(49)10-4-16-42-35/h1-20,48-49H,21H2,(H,45,47,51)(H2,43,44,46,50). The lowest BCUT2D eigenvalue weighted by atomic mass is 10.0. The zero-order valence-electron chi connectivity index (χ0n) is 28.4. The number of fused-ring (bicyclic) bond motifs is 2. The monoisotopic (exact) mass is 749 g/mol. The number of aromatic amines is 1. The van der Waals surface area contributed by atoms with Crippen LogP contribution in [0.2, 0.25) is 0 Å². The van der Waals surface area contributed by atoms with Gasteiger partial charge in [0.15, 0.2) is 16.5 Å². The smallest absolute Gasteiger partial charge is 0.338 e. The topological polar surface area (TPSA) is 202 Å². The molecule has 0 unspecified atom stereocenters. The summed E-state index contributed by atoms with van der Waals surface area (Å²) in [6.45, 7) is 0.0358. The molecule has 8 rings (SSSR count). The molecule has 4 aromatic carbocycles. The minimum Gasteiger partial charge on any atom is -0.505 e. The molecule has 15 heteroatoms. The maximum atomic E-state index is 13.0. The van der Waals surface area contributed by atoms with E-state index in [1.54, 1.807) is 36.4 Å². The van der Waals surface area contributed by atoms with E-state index in [9.17, 15) is 24.6 Å². The van der Waals surface area contributed by atoms with Crippen LogP contribution in [0.25, 0.3) is 32.4 Å². The first kappa shape index (κ1) is 34.4. The number of carbonyl (C=O) groups is 3. The van der Waals surface area contributed by atoms with E-state index < -0.39 is 17.8 Å². The number of benzene rings is 4. The summed E-state index contributed by atoms with van der Waals surface area (Å²) in [6, 6.07) is 31.2. The van der Waals surface area contributed by atoms with E-state index in [0.29, 0.717) is 43.4 Å². The molecule has 0 saturated heterocycles. The number of aromatic nitrogens is 5. The van der Waals surface area contributed by atoms with Crippen molar-refractivity contribution < 1.29 is 34.1 Å². The van der Waals surface area contributed by atoms with Gasteiger partial charge in [-0.15, -0.1) is 0 Å². The molecule has 4 aromatic heterocycles. The summed E-state index contributed by atoms with van der Waals surface area (Å²) in [5.41, 5.74) is 4.46. The summed E-state index contributed by atoms with van der Waals surface area (Å²) >= 11 is 1.18.